The molecule has 0 N–H and O–H groups in total. The first-order chi connectivity index (χ1) is 11.1. The van der Waals surface area contributed by atoms with Gasteiger partial charge in [-0.05, 0) is 31.2 Å². The molecule has 0 unspecified atom stereocenters. The van der Waals surface area contributed by atoms with Crippen LogP contribution in [0.25, 0.3) is 28.3 Å². The van der Waals surface area contributed by atoms with E-state index in [1.807, 2.05) is 16.8 Å². The van der Waals surface area contributed by atoms with Gasteiger partial charge in [0, 0.05) is 32.5 Å². The largest absolute Gasteiger partial charge is 0.469 e. The minimum atomic E-state index is 0. The Hall–Kier alpha value is -2.37. The molecular weight excluding hydrogens is 482 g/mol. The first-order valence-corrected chi connectivity index (χ1v) is 7.26. The van der Waals surface area contributed by atoms with Crippen LogP contribution in [0.15, 0.2) is 35.0 Å². The van der Waals surface area contributed by atoms with E-state index in [1.165, 1.54) is 6.33 Å². The van der Waals surface area contributed by atoms with Crippen LogP contribution in [0.3, 0.4) is 0 Å². The molecule has 0 aliphatic heterocycles. The molecule has 0 fully saturated rings. The molecule has 24 heavy (non-hydrogen) atoms. The quantitative estimate of drug-likeness (QED) is 0.399. The maximum atomic E-state index is 5.40. The van der Waals surface area contributed by atoms with Crippen LogP contribution in [0.2, 0.25) is 0 Å². The molecule has 1 aromatic carbocycles. The van der Waals surface area contributed by atoms with Crippen molar-refractivity contribution < 1.29 is 24.5 Å². The first kappa shape index (κ1) is 16.5. The predicted octanol–water partition coefficient (Wildman–Crippen LogP) is 3.19. The number of aryl methyl sites for hydroxylation is 3. The number of para-hydroxylation sites is 1. The van der Waals surface area contributed by atoms with Crippen molar-refractivity contribution in [2.24, 2.45) is 0 Å². The Morgan fingerprint density at radius 3 is 2.62 bits per heavy atom. The first-order valence-electron chi connectivity index (χ1n) is 7.26. The topological polar surface area (TPSA) is 69.6 Å². The molecule has 4 aromatic rings. The molecule has 3 aromatic heterocycles. The summed E-state index contributed by atoms with van der Waals surface area (Å²) in [5.74, 6) is 1.26. The van der Waals surface area contributed by atoms with Gasteiger partial charge in [0.05, 0.1) is 11.5 Å². The summed E-state index contributed by atoms with van der Waals surface area (Å²) in [7, 11) is 0. The van der Waals surface area contributed by atoms with Crippen molar-refractivity contribution in [3.63, 3.8) is 0 Å². The Labute approximate surface area is 152 Å². The van der Waals surface area contributed by atoms with Crippen LogP contribution in [0.1, 0.15) is 17.0 Å². The monoisotopic (exact) mass is 497 g/mol. The average molecular weight is 497 g/mol. The van der Waals surface area contributed by atoms with Crippen LogP contribution in [0, 0.1) is 27.0 Å². The average Bonchev–Trinajstić information content (AvgIpc) is 3.11. The third-order valence-electron chi connectivity index (χ3n) is 3.74. The zero-order valence-corrected chi connectivity index (χ0v) is 15.8. The van der Waals surface area contributed by atoms with Gasteiger partial charge in [-0.3, -0.25) is 9.67 Å². The second-order valence-corrected chi connectivity index (χ2v) is 5.44. The van der Waals surface area contributed by atoms with E-state index in [9.17, 15) is 0 Å². The van der Waals surface area contributed by atoms with Gasteiger partial charge < -0.3 is 9.40 Å². The Kier molecular flexibility index (Phi) is 4.30. The molecule has 0 amide bonds. The van der Waals surface area contributed by atoms with Crippen molar-refractivity contribution in [1.82, 2.24) is 24.7 Å². The van der Waals surface area contributed by atoms with Gasteiger partial charge in [0.2, 0.25) is 0 Å². The van der Waals surface area contributed by atoms with Crippen molar-refractivity contribution in [3.8, 4) is 17.1 Å². The molecule has 4 rings (SSSR count). The van der Waals surface area contributed by atoms with Gasteiger partial charge in [-0.15, -0.1) is 6.07 Å². The van der Waals surface area contributed by atoms with E-state index in [0.29, 0.717) is 22.9 Å². The van der Waals surface area contributed by atoms with E-state index in [2.05, 4.69) is 52.2 Å². The van der Waals surface area contributed by atoms with E-state index >= 15 is 0 Å². The zero-order valence-electron chi connectivity index (χ0n) is 13.4. The molecule has 0 atom stereocenters. The molecule has 0 spiro atoms. The van der Waals surface area contributed by atoms with Gasteiger partial charge in [-0.25, -0.2) is 4.98 Å². The summed E-state index contributed by atoms with van der Waals surface area (Å²) in [5.41, 5.74) is 5.17. The second kappa shape index (κ2) is 6.26. The summed E-state index contributed by atoms with van der Waals surface area (Å²) in [4.78, 5) is 12.9. The van der Waals surface area contributed by atoms with Crippen LogP contribution < -0.4 is 0 Å². The van der Waals surface area contributed by atoms with Gasteiger partial charge in [0.15, 0.2) is 11.6 Å². The number of benzene rings is 1. The van der Waals surface area contributed by atoms with E-state index < -0.39 is 0 Å². The zero-order chi connectivity index (χ0) is 16.0. The van der Waals surface area contributed by atoms with E-state index in [0.717, 1.165) is 22.4 Å². The maximum Gasteiger partial charge on any atom is 0.181 e. The van der Waals surface area contributed by atoms with E-state index in [4.69, 9.17) is 4.42 Å². The molecule has 0 aliphatic carbocycles. The van der Waals surface area contributed by atoms with Crippen molar-refractivity contribution in [3.05, 3.63) is 53.8 Å². The van der Waals surface area contributed by atoms with Crippen molar-refractivity contribution >= 4 is 11.2 Å². The summed E-state index contributed by atoms with van der Waals surface area (Å²) < 4.78 is 7.21. The molecular formula is C17H14IrN5O-. The summed E-state index contributed by atoms with van der Waals surface area (Å²) in [6.07, 6.45) is 4.50. The van der Waals surface area contributed by atoms with Crippen molar-refractivity contribution in [2.75, 3.05) is 0 Å². The van der Waals surface area contributed by atoms with Crippen LogP contribution >= 0.6 is 0 Å². The Morgan fingerprint density at radius 1 is 1.12 bits per heavy atom. The Bertz CT molecular complexity index is 1000. The van der Waals surface area contributed by atoms with Gasteiger partial charge in [0.1, 0.15) is 6.33 Å². The SMILES string of the molecule is Cc1nc2cc(-c3ncnn3-c3c(C)cccc3C)[c-]nc2o1.[Ir]. The minimum Gasteiger partial charge on any atom is -0.469 e. The number of fused-ring (bicyclic) bond motifs is 1. The molecule has 0 aliphatic rings. The third kappa shape index (κ3) is 2.66. The fourth-order valence-corrected chi connectivity index (χ4v) is 2.73. The molecule has 123 valence electrons. The Morgan fingerprint density at radius 2 is 1.88 bits per heavy atom. The van der Waals surface area contributed by atoms with Crippen LogP contribution in [-0.2, 0) is 20.1 Å². The summed E-state index contributed by atoms with van der Waals surface area (Å²) in [6, 6.07) is 8.01. The molecule has 7 heteroatoms. The van der Waals surface area contributed by atoms with Gasteiger partial charge >= 0.3 is 0 Å². The van der Waals surface area contributed by atoms with E-state index in [1.54, 1.807) is 6.92 Å². The fourth-order valence-electron chi connectivity index (χ4n) is 2.73. The maximum absolute atomic E-state index is 5.40. The molecule has 6 nitrogen and oxygen atoms in total. The second-order valence-electron chi connectivity index (χ2n) is 5.44. The number of oxazole rings is 1. The van der Waals surface area contributed by atoms with Crippen LogP contribution in [-0.4, -0.2) is 24.7 Å². The minimum absolute atomic E-state index is 0. The number of pyridine rings is 1. The van der Waals surface area contributed by atoms with Gasteiger partial charge in [-0.1, -0.05) is 23.8 Å². The molecule has 0 saturated carbocycles. The number of nitrogens with zero attached hydrogens (tertiary/aromatic N) is 5. The molecule has 0 bridgehead atoms. The van der Waals surface area contributed by atoms with E-state index in [-0.39, 0.29) is 20.1 Å². The van der Waals surface area contributed by atoms with Gasteiger partial charge in [0.25, 0.3) is 0 Å². The fraction of sp³-hybridized carbons (Fsp3) is 0.176. The normalized spacial score (nSPS) is 10.8. The standard InChI is InChI=1S/C17H14N5O.Ir/c1-10-5-4-6-11(2)15(10)22-16(19-9-20-22)13-7-14-17(18-8-13)23-12(3)21-14;/h4-7,9H,1-3H3;/q-1;. The smallest absolute Gasteiger partial charge is 0.181 e. The molecule has 1 radical (unpaired) electrons. The number of aromatic nitrogens is 5. The summed E-state index contributed by atoms with van der Waals surface area (Å²) in [6.45, 7) is 5.90. The van der Waals surface area contributed by atoms with Crippen molar-refractivity contribution in [2.45, 2.75) is 20.8 Å². The van der Waals surface area contributed by atoms with Crippen molar-refractivity contribution in [1.29, 1.82) is 0 Å². The van der Waals surface area contributed by atoms with Crippen LogP contribution in [0.5, 0.6) is 0 Å². The molecule has 0 saturated heterocycles. The molecule has 3 heterocycles. The number of hydrogen-bond acceptors (Lipinski definition) is 5. The number of hydrogen-bond donors (Lipinski definition) is 0. The van der Waals surface area contributed by atoms with Crippen LogP contribution in [0.4, 0.5) is 0 Å². The Balaban J connectivity index is 0.00000169. The van der Waals surface area contributed by atoms with Gasteiger partial charge in [-0.2, -0.15) is 5.10 Å². The summed E-state index contributed by atoms with van der Waals surface area (Å²) in [5, 5.41) is 4.38. The number of rotatable bonds is 2. The predicted molar refractivity (Wildman–Crippen MR) is 85.2 cm³/mol. The third-order valence-corrected chi connectivity index (χ3v) is 3.74. The summed E-state index contributed by atoms with van der Waals surface area (Å²) >= 11 is 0.